The van der Waals surface area contributed by atoms with Crippen molar-refractivity contribution in [1.82, 2.24) is 0 Å². The van der Waals surface area contributed by atoms with Gasteiger partial charge in [-0.3, -0.25) is 4.79 Å². The Bertz CT molecular complexity index is 326. The largest absolute Gasteiger partial charge is 0.294 e. The molecule has 14 heavy (non-hydrogen) atoms. The van der Waals surface area contributed by atoms with E-state index in [4.69, 9.17) is 0 Å². The van der Waals surface area contributed by atoms with Gasteiger partial charge < -0.3 is 0 Å². The SMILES string of the molecule is CC(C)(C)C1C(=O)C=C2CCCC=C21. The molecule has 0 N–H and O–H groups in total. The first-order valence-corrected chi connectivity index (χ1v) is 5.45. The van der Waals surface area contributed by atoms with Gasteiger partial charge in [0.25, 0.3) is 0 Å². The third-order valence-corrected chi connectivity index (χ3v) is 3.16. The Kier molecular flexibility index (Phi) is 2.13. The fourth-order valence-electron chi connectivity index (χ4n) is 2.59. The van der Waals surface area contributed by atoms with Gasteiger partial charge in [-0.15, -0.1) is 0 Å². The van der Waals surface area contributed by atoms with Crippen molar-refractivity contribution >= 4 is 5.78 Å². The van der Waals surface area contributed by atoms with E-state index < -0.39 is 0 Å². The van der Waals surface area contributed by atoms with Crippen LogP contribution in [0.1, 0.15) is 40.0 Å². The fraction of sp³-hybridized carbons (Fsp3) is 0.615. The lowest BCUT2D eigenvalue weighted by Gasteiger charge is -2.29. The molecule has 0 radical (unpaired) electrons. The van der Waals surface area contributed by atoms with E-state index in [0.717, 1.165) is 12.8 Å². The zero-order valence-electron chi connectivity index (χ0n) is 9.26. The van der Waals surface area contributed by atoms with Crippen LogP contribution in [0.3, 0.4) is 0 Å². The molecule has 2 aliphatic rings. The van der Waals surface area contributed by atoms with E-state index in [9.17, 15) is 4.79 Å². The van der Waals surface area contributed by atoms with Gasteiger partial charge in [-0.05, 0) is 41.9 Å². The van der Waals surface area contributed by atoms with Crippen LogP contribution in [0.25, 0.3) is 0 Å². The Balaban J connectivity index is 2.38. The number of rotatable bonds is 0. The van der Waals surface area contributed by atoms with Crippen LogP contribution in [0.2, 0.25) is 0 Å². The second-order valence-electron chi connectivity index (χ2n) is 5.42. The molecule has 2 rings (SSSR count). The number of carbonyl (C=O) groups excluding carboxylic acids is 1. The lowest BCUT2D eigenvalue weighted by Crippen LogP contribution is -2.26. The third kappa shape index (κ3) is 1.45. The first kappa shape index (κ1) is 9.70. The summed E-state index contributed by atoms with van der Waals surface area (Å²) in [5.74, 6) is 0.443. The summed E-state index contributed by atoms with van der Waals surface area (Å²) in [4.78, 5) is 11.9. The minimum absolute atomic E-state index is 0.0680. The summed E-state index contributed by atoms with van der Waals surface area (Å²) in [5, 5.41) is 0. The summed E-state index contributed by atoms with van der Waals surface area (Å²) in [7, 11) is 0. The molecule has 0 aliphatic heterocycles. The van der Waals surface area contributed by atoms with Crippen molar-refractivity contribution in [2.45, 2.75) is 40.0 Å². The van der Waals surface area contributed by atoms with E-state index >= 15 is 0 Å². The number of carbonyl (C=O) groups is 1. The van der Waals surface area contributed by atoms with Crippen LogP contribution in [-0.2, 0) is 4.79 Å². The Morgan fingerprint density at radius 2 is 2.07 bits per heavy atom. The highest BCUT2D eigenvalue weighted by Gasteiger charge is 2.39. The smallest absolute Gasteiger partial charge is 0.163 e. The molecular weight excluding hydrogens is 172 g/mol. The van der Waals surface area contributed by atoms with Gasteiger partial charge >= 0.3 is 0 Å². The van der Waals surface area contributed by atoms with E-state index in [-0.39, 0.29) is 11.3 Å². The van der Waals surface area contributed by atoms with E-state index in [1.54, 1.807) is 0 Å². The van der Waals surface area contributed by atoms with Gasteiger partial charge in [-0.1, -0.05) is 26.8 Å². The van der Waals surface area contributed by atoms with Gasteiger partial charge in [0.2, 0.25) is 0 Å². The second kappa shape index (κ2) is 3.08. The lowest BCUT2D eigenvalue weighted by atomic mass is 9.74. The van der Waals surface area contributed by atoms with Crippen LogP contribution < -0.4 is 0 Å². The maximum absolute atomic E-state index is 11.9. The van der Waals surface area contributed by atoms with Gasteiger partial charge in [0.05, 0.1) is 5.92 Å². The lowest BCUT2D eigenvalue weighted by molar-refractivity contribution is -0.119. The van der Waals surface area contributed by atoms with Crippen molar-refractivity contribution in [3.8, 4) is 0 Å². The minimum atomic E-state index is 0.0680. The van der Waals surface area contributed by atoms with Crippen molar-refractivity contribution in [2.24, 2.45) is 11.3 Å². The molecule has 0 spiro atoms. The molecule has 2 aliphatic carbocycles. The van der Waals surface area contributed by atoms with Gasteiger partial charge in [0.1, 0.15) is 0 Å². The predicted octanol–water partition coefficient (Wildman–Crippen LogP) is 3.27. The zero-order chi connectivity index (χ0) is 10.3. The van der Waals surface area contributed by atoms with Crippen LogP contribution >= 0.6 is 0 Å². The van der Waals surface area contributed by atoms with E-state index in [2.05, 4.69) is 26.8 Å². The minimum Gasteiger partial charge on any atom is -0.294 e. The summed E-state index contributed by atoms with van der Waals surface area (Å²) in [6, 6.07) is 0. The number of hydrogen-bond acceptors (Lipinski definition) is 1. The molecule has 0 fully saturated rings. The molecule has 0 amide bonds. The van der Waals surface area contributed by atoms with Crippen molar-refractivity contribution in [2.75, 3.05) is 0 Å². The highest BCUT2D eigenvalue weighted by Crippen LogP contribution is 2.44. The number of hydrogen-bond donors (Lipinski definition) is 0. The Morgan fingerprint density at radius 3 is 2.71 bits per heavy atom. The van der Waals surface area contributed by atoms with Gasteiger partial charge in [-0.25, -0.2) is 0 Å². The quantitative estimate of drug-likeness (QED) is 0.573. The number of allylic oxidation sites excluding steroid dienone is 4. The highest BCUT2D eigenvalue weighted by molar-refractivity contribution is 6.00. The summed E-state index contributed by atoms with van der Waals surface area (Å²) in [6.07, 6.45) is 7.60. The first-order chi connectivity index (χ1) is 6.50. The average molecular weight is 190 g/mol. The van der Waals surface area contributed by atoms with Gasteiger partial charge in [-0.2, -0.15) is 0 Å². The average Bonchev–Trinajstić information content (AvgIpc) is 2.38. The molecule has 1 heteroatoms. The van der Waals surface area contributed by atoms with Crippen molar-refractivity contribution in [3.63, 3.8) is 0 Å². The van der Waals surface area contributed by atoms with Gasteiger partial charge in [0, 0.05) is 0 Å². The van der Waals surface area contributed by atoms with Crippen LogP contribution in [0.5, 0.6) is 0 Å². The highest BCUT2D eigenvalue weighted by atomic mass is 16.1. The maximum atomic E-state index is 11.9. The van der Waals surface area contributed by atoms with E-state index in [1.165, 1.54) is 17.6 Å². The molecule has 76 valence electrons. The van der Waals surface area contributed by atoms with E-state index in [0.29, 0.717) is 5.78 Å². The molecule has 0 aromatic carbocycles. The molecule has 0 saturated heterocycles. The zero-order valence-corrected chi connectivity index (χ0v) is 9.26. The first-order valence-electron chi connectivity index (χ1n) is 5.45. The van der Waals surface area contributed by atoms with Crippen molar-refractivity contribution < 1.29 is 4.79 Å². The molecule has 1 atom stereocenters. The van der Waals surface area contributed by atoms with Crippen molar-refractivity contribution in [1.29, 1.82) is 0 Å². The topological polar surface area (TPSA) is 17.1 Å². The van der Waals surface area contributed by atoms with Crippen LogP contribution in [0, 0.1) is 11.3 Å². The summed E-state index contributed by atoms with van der Waals surface area (Å²) in [6.45, 7) is 6.46. The molecule has 1 nitrogen and oxygen atoms in total. The Labute approximate surface area is 85.9 Å². The molecule has 0 aromatic rings. The van der Waals surface area contributed by atoms with Crippen molar-refractivity contribution in [3.05, 3.63) is 23.3 Å². The van der Waals surface area contributed by atoms with Gasteiger partial charge in [0.15, 0.2) is 5.78 Å². The monoisotopic (exact) mass is 190 g/mol. The van der Waals surface area contributed by atoms with Crippen LogP contribution in [0.15, 0.2) is 23.3 Å². The molecule has 0 bridgehead atoms. The summed E-state index contributed by atoms with van der Waals surface area (Å²) in [5.41, 5.74) is 2.70. The molecule has 0 heterocycles. The Morgan fingerprint density at radius 1 is 1.36 bits per heavy atom. The standard InChI is InChI=1S/C13H18O/c1-13(2,3)12-10-7-5-4-6-9(10)8-11(12)14/h7-8,12H,4-6H2,1-3H3. The number of ketones is 1. The fourth-order valence-corrected chi connectivity index (χ4v) is 2.59. The van der Waals surface area contributed by atoms with Crippen LogP contribution in [0.4, 0.5) is 0 Å². The summed E-state index contributed by atoms with van der Waals surface area (Å²) >= 11 is 0. The molecule has 0 aromatic heterocycles. The second-order valence-corrected chi connectivity index (χ2v) is 5.42. The third-order valence-electron chi connectivity index (χ3n) is 3.16. The molecular formula is C13H18O. The number of fused-ring (bicyclic) bond motifs is 1. The Hall–Kier alpha value is -0.850. The molecule has 0 saturated carbocycles. The summed E-state index contributed by atoms with van der Waals surface area (Å²) < 4.78 is 0. The normalized spacial score (nSPS) is 27.1. The predicted molar refractivity (Wildman–Crippen MR) is 58.0 cm³/mol. The van der Waals surface area contributed by atoms with Crippen LogP contribution in [-0.4, -0.2) is 5.78 Å². The maximum Gasteiger partial charge on any atom is 0.163 e. The van der Waals surface area contributed by atoms with E-state index in [1.807, 2.05) is 6.08 Å². The molecule has 1 unspecified atom stereocenters.